The Morgan fingerprint density at radius 2 is 1.54 bits per heavy atom. The Balaban J connectivity index is 0.000000424. The molecule has 0 aliphatic heterocycles. The molecule has 0 unspecified atom stereocenters. The zero-order valence-corrected chi connectivity index (χ0v) is 8.98. The molecule has 13 heavy (non-hydrogen) atoms. The van der Waals surface area contributed by atoms with Gasteiger partial charge in [0, 0.05) is 0 Å². The second-order valence-corrected chi connectivity index (χ2v) is 4.33. The van der Waals surface area contributed by atoms with Gasteiger partial charge in [-0.05, 0) is 12.1 Å². The van der Waals surface area contributed by atoms with Gasteiger partial charge >= 0.3 is 0 Å². The summed E-state index contributed by atoms with van der Waals surface area (Å²) in [5, 5.41) is 5.02. The maximum absolute atomic E-state index is 10.6. The average molecular weight is 242 g/mol. The van der Waals surface area contributed by atoms with Crippen molar-refractivity contribution in [2.24, 2.45) is 5.14 Å². The molecule has 0 heterocycles. The van der Waals surface area contributed by atoms with E-state index in [4.69, 9.17) is 28.3 Å². The van der Waals surface area contributed by atoms with Crippen LogP contribution in [0.5, 0.6) is 0 Å². The van der Waals surface area contributed by atoms with E-state index < -0.39 is 10.0 Å². The first-order valence-electron chi connectivity index (χ1n) is 3.22. The summed E-state index contributed by atoms with van der Waals surface area (Å²) in [6.07, 6.45) is 0. The normalized spacial score (nSPS) is 10.1. The van der Waals surface area contributed by atoms with E-state index in [1.165, 1.54) is 12.1 Å². The Labute approximate surface area is 87.5 Å². The van der Waals surface area contributed by atoms with E-state index in [0.717, 1.165) is 0 Å². The van der Waals surface area contributed by atoms with Crippen molar-refractivity contribution < 1.29 is 8.42 Å². The van der Waals surface area contributed by atoms with Crippen LogP contribution >= 0.6 is 23.2 Å². The van der Waals surface area contributed by atoms with Crippen molar-refractivity contribution in [3.8, 4) is 0 Å². The molecule has 0 aliphatic rings. The largest absolute Gasteiger partial charge is 0.238 e. The molecule has 0 saturated heterocycles. The number of hydrogen-bond acceptors (Lipinski definition) is 2. The van der Waals surface area contributed by atoms with Crippen LogP contribution in [-0.2, 0) is 10.0 Å². The summed E-state index contributed by atoms with van der Waals surface area (Å²) in [5.41, 5.74) is 0. The van der Waals surface area contributed by atoms with E-state index in [2.05, 4.69) is 0 Å². The molecule has 6 heteroatoms. The molecule has 0 aromatic heterocycles. The summed E-state index contributed by atoms with van der Waals surface area (Å²) in [5.74, 6) is 0. The topological polar surface area (TPSA) is 60.2 Å². The van der Waals surface area contributed by atoms with Crippen molar-refractivity contribution in [3.63, 3.8) is 0 Å². The van der Waals surface area contributed by atoms with Crippen molar-refractivity contribution in [1.82, 2.24) is 0 Å². The number of rotatable bonds is 1. The van der Waals surface area contributed by atoms with E-state index in [-0.39, 0.29) is 10.2 Å². The second-order valence-electron chi connectivity index (χ2n) is 1.96. The SMILES string of the molecule is ClCCl.NS(=O)(=O)c1ccccc1. The fraction of sp³-hybridized carbons (Fsp3) is 0.143. The standard InChI is InChI=1S/C6H7NO2S.CH2Cl2/c7-10(8,9)6-4-2-1-3-5-6;2-1-3/h1-5H,(H2,7,8,9);1H2. The quantitative estimate of drug-likeness (QED) is 0.762. The van der Waals surface area contributed by atoms with Crippen molar-refractivity contribution in [2.75, 3.05) is 5.34 Å². The lowest BCUT2D eigenvalue weighted by Gasteiger charge is -1.93. The summed E-state index contributed by atoms with van der Waals surface area (Å²) >= 11 is 9.53. The van der Waals surface area contributed by atoms with Gasteiger partial charge in [0.25, 0.3) is 0 Å². The minimum Gasteiger partial charge on any atom is -0.225 e. The van der Waals surface area contributed by atoms with Gasteiger partial charge in [-0.25, -0.2) is 13.6 Å². The van der Waals surface area contributed by atoms with Crippen LogP contribution in [0.1, 0.15) is 0 Å². The van der Waals surface area contributed by atoms with Crippen LogP contribution < -0.4 is 5.14 Å². The molecule has 0 atom stereocenters. The van der Waals surface area contributed by atoms with Gasteiger partial charge in [-0.15, -0.1) is 23.2 Å². The summed E-state index contributed by atoms with van der Waals surface area (Å²) in [7, 11) is -3.50. The molecule has 0 saturated carbocycles. The van der Waals surface area contributed by atoms with Gasteiger partial charge in [-0.1, -0.05) is 18.2 Å². The first-order valence-corrected chi connectivity index (χ1v) is 5.83. The molecular weight excluding hydrogens is 233 g/mol. The Bertz CT molecular complexity index is 326. The van der Waals surface area contributed by atoms with Gasteiger partial charge in [0.1, 0.15) is 0 Å². The molecular formula is C7H9Cl2NO2S. The smallest absolute Gasteiger partial charge is 0.225 e. The Morgan fingerprint density at radius 1 is 1.15 bits per heavy atom. The molecule has 0 spiro atoms. The van der Waals surface area contributed by atoms with E-state index in [1.54, 1.807) is 18.2 Å². The fourth-order valence-electron chi connectivity index (χ4n) is 0.610. The lowest BCUT2D eigenvalue weighted by Crippen LogP contribution is -2.11. The maximum atomic E-state index is 10.6. The molecule has 1 aromatic carbocycles. The van der Waals surface area contributed by atoms with Crippen LogP contribution in [0.4, 0.5) is 0 Å². The Hall–Kier alpha value is -0.290. The number of halogens is 2. The zero-order chi connectivity index (χ0) is 10.3. The minimum atomic E-state index is -3.50. The Kier molecular flexibility index (Phi) is 6.07. The molecule has 0 fully saturated rings. The highest BCUT2D eigenvalue weighted by Gasteiger charge is 2.03. The maximum Gasteiger partial charge on any atom is 0.238 e. The van der Waals surface area contributed by atoms with Gasteiger partial charge in [0.2, 0.25) is 10.0 Å². The van der Waals surface area contributed by atoms with E-state index in [1.807, 2.05) is 0 Å². The van der Waals surface area contributed by atoms with Gasteiger partial charge in [-0.3, -0.25) is 0 Å². The molecule has 0 aliphatic carbocycles. The third-order valence-corrected chi connectivity index (χ3v) is 2.00. The molecule has 1 aromatic rings. The van der Waals surface area contributed by atoms with Crippen LogP contribution in [0.25, 0.3) is 0 Å². The van der Waals surface area contributed by atoms with Crippen molar-refractivity contribution >= 4 is 33.2 Å². The predicted molar refractivity (Wildman–Crippen MR) is 54.4 cm³/mol. The third-order valence-electron chi connectivity index (χ3n) is 1.07. The van der Waals surface area contributed by atoms with E-state index in [0.29, 0.717) is 0 Å². The van der Waals surface area contributed by atoms with Crippen LogP contribution in [0.2, 0.25) is 0 Å². The zero-order valence-electron chi connectivity index (χ0n) is 6.65. The molecule has 0 radical (unpaired) electrons. The minimum absolute atomic E-state index is 0.148. The highest BCUT2D eigenvalue weighted by atomic mass is 35.5. The monoisotopic (exact) mass is 241 g/mol. The predicted octanol–water partition coefficient (Wildman–Crippen LogP) is 1.76. The first-order chi connectivity index (χ1) is 6.02. The molecule has 74 valence electrons. The van der Waals surface area contributed by atoms with Crippen LogP contribution in [-0.4, -0.2) is 13.8 Å². The number of primary sulfonamides is 1. The van der Waals surface area contributed by atoms with E-state index >= 15 is 0 Å². The summed E-state index contributed by atoms with van der Waals surface area (Å²) < 4.78 is 21.2. The molecule has 2 N–H and O–H groups in total. The van der Waals surface area contributed by atoms with Crippen molar-refractivity contribution in [1.29, 1.82) is 0 Å². The summed E-state index contributed by atoms with van der Waals surface area (Å²) in [6.45, 7) is 0. The third kappa shape index (κ3) is 5.87. The fourth-order valence-corrected chi connectivity index (χ4v) is 1.15. The highest BCUT2D eigenvalue weighted by molar-refractivity contribution is 7.89. The number of sulfonamides is 1. The Morgan fingerprint density at radius 3 is 1.77 bits per heavy atom. The number of hydrogen-bond donors (Lipinski definition) is 1. The van der Waals surface area contributed by atoms with Gasteiger partial charge in [-0.2, -0.15) is 0 Å². The average Bonchev–Trinajstić information content (AvgIpc) is 2.06. The highest BCUT2D eigenvalue weighted by Crippen LogP contribution is 2.02. The van der Waals surface area contributed by atoms with E-state index in [9.17, 15) is 8.42 Å². The number of benzene rings is 1. The molecule has 1 rings (SSSR count). The summed E-state index contributed by atoms with van der Waals surface area (Å²) in [6, 6.07) is 7.89. The first kappa shape index (κ1) is 12.7. The number of nitrogens with two attached hydrogens (primary N) is 1. The van der Waals surface area contributed by atoms with Crippen LogP contribution in [0, 0.1) is 0 Å². The van der Waals surface area contributed by atoms with Gasteiger partial charge in [0.15, 0.2) is 0 Å². The number of alkyl halides is 2. The molecule has 0 amide bonds. The van der Waals surface area contributed by atoms with Gasteiger partial charge < -0.3 is 0 Å². The van der Waals surface area contributed by atoms with Crippen LogP contribution in [0.15, 0.2) is 35.2 Å². The lowest BCUT2D eigenvalue weighted by atomic mass is 10.4. The van der Waals surface area contributed by atoms with Crippen molar-refractivity contribution in [3.05, 3.63) is 30.3 Å². The summed E-state index contributed by atoms with van der Waals surface area (Å²) in [4.78, 5) is 0.148. The van der Waals surface area contributed by atoms with Crippen LogP contribution in [0.3, 0.4) is 0 Å². The van der Waals surface area contributed by atoms with Crippen molar-refractivity contribution in [2.45, 2.75) is 4.90 Å². The molecule has 3 nitrogen and oxygen atoms in total. The molecule has 0 bridgehead atoms. The van der Waals surface area contributed by atoms with Gasteiger partial charge in [0.05, 0.1) is 10.2 Å². The second kappa shape index (κ2) is 6.21. The lowest BCUT2D eigenvalue weighted by molar-refractivity contribution is 0.598.